The van der Waals surface area contributed by atoms with Crippen LogP contribution in [0.5, 0.6) is 0 Å². The Hall–Kier alpha value is -0.610. The van der Waals surface area contributed by atoms with E-state index in [9.17, 15) is 9.90 Å². The van der Waals surface area contributed by atoms with Gasteiger partial charge in [-0.15, -0.1) is 0 Å². The van der Waals surface area contributed by atoms with Crippen LogP contribution >= 0.6 is 0 Å². The van der Waals surface area contributed by atoms with Crippen LogP contribution in [0, 0.1) is 0 Å². The molecule has 0 amide bonds. The number of carbonyl (C=O) groups is 1. The van der Waals surface area contributed by atoms with E-state index in [2.05, 4.69) is 0 Å². The molecule has 4 nitrogen and oxygen atoms in total. The maximum Gasteiger partial charge on any atom is 0.332 e. The molecule has 0 bridgehead atoms. The fraction of sp³-hybridized carbons (Fsp3) is 0.889. The SMILES string of the molecule is CCC(O)(CC)COC(C)C(=O)O. The molecule has 0 aliphatic rings. The molecule has 0 radical (unpaired) electrons. The Kier molecular flexibility index (Phi) is 4.95. The van der Waals surface area contributed by atoms with E-state index in [-0.39, 0.29) is 6.61 Å². The van der Waals surface area contributed by atoms with Crippen LogP contribution in [-0.4, -0.2) is 34.5 Å². The number of aliphatic carboxylic acids is 1. The average molecular weight is 190 g/mol. The summed E-state index contributed by atoms with van der Waals surface area (Å²) >= 11 is 0. The van der Waals surface area contributed by atoms with Gasteiger partial charge in [-0.25, -0.2) is 4.79 Å². The van der Waals surface area contributed by atoms with E-state index < -0.39 is 17.7 Å². The normalized spacial score (nSPS) is 14.2. The van der Waals surface area contributed by atoms with Crippen LogP contribution in [-0.2, 0) is 9.53 Å². The van der Waals surface area contributed by atoms with E-state index in [1.807, 2.05) is 13.8 Å². The van der Waals surface area contributed by atoms with Crippen molar-refractivity contribution in [2.45, 2.75) is 45.3 Å². The number of aliphatic hydroxyl groups is 1. The Morgan fingerprint density at radius 3 is 2.23 bits per heavy atom. The lowest BCUT2D eigenvalue weighted by Gasteiger charge is -2.25. The van der Waals surface area contributed by atoms with Gasteiger partial charge >= 0.3 is 5.97 Å². The Labute approximate surface area is 78.5 Å². The molecular formula is C9H18O4. The van der Waals surface area contributed by atoms with Crippen LogP contribution in [0.25, 0.3) is 0 Å². The van der Waals surface area contributed by atoms with Crippen molar-refractivity contribution in [3.63, 3.8) is 0 Å². The standard InChI is InChI=1S/C9H18O4/c1-4-9(12,5-2)6-13-7(3)8(10)11/h7,12H,4-6H2,1-3H3,(H,10,11). The largest absolute Gasteiger partial charge is 0.479 e. The summed E-state index contributed by atoms with van der Waals surface area (Å²) in [4.78, 5) is 10.4. The van der Waals surface area contributed by atoms with E-state index in [0.29, 0.717) is 12.8 Å². The highest BCUT2D eigenvalue weighted by Crippen LogP contribution is 2.15. The third-order valence-electron chi connectivity index (χ3n) is 2.27. The molecule has 1 unspecified atom stereocenters. The summed E-state index contributed by atoms with van der Waals surface area (Å²) in [6.07, 6.45) is 0.274. The highest BCUT2D eigenvalue weighted by Gasteiger charge is 2.24. The van der Waals surface area contributed by atoms with Crippen LogP contribution in [0.3, 0.4) is 0 Å². The minimum Gasteiger partial charge on any atom is -0.479 e. The van der Waals surface area contributed by atoms with Crippen LogP contribution < -0.4 is 0 Å². The van der Waals surface area contributed by atoms with Gasteiger partial charge in [0.05, 0.1) is 12.2 Å². The summed E-state index contributed by atoms with van der Waals surface area (Å²) in [5, 5.41) is 18.3. The lowest BCUT2D eigenvalue weighted by Crippen LogP contribution is -2.36. The maximum atomic E-state index is 10.4. The molecule has 0 heterocycles. The van der Waals surface area contributed by atoms with E-state index in [1.165, 1.54) is 6.92 Å². The Bertz CT molecular complexity index is 163. The Morgan fingerprint density at radius 2 is 1.92 bits per heavy atom. The zero-order valence-electron chi connectivity index (χ0n) is 8.41. The first-order chi connectivity index (χ1) is 5.95. The second-order valence-corrected chi connectivity index (χ2v) is 3.22. The zero-order valence-corrected chi connectivity index (χ0v) is 8.41. The molecule has 0 spiro atoms. The van der Waals surface area contributed by atoms with Gasteiger partial charge in [0.15, 0.2) is 6.10 Å². The summed E-state index contributed by atoms with van der Waals surface area (Å²) in [6.45, 7) is 5.22. The molecule has 0 aliphatic carbocycles. The molecule has 13 heavy (non-hydrogen) atoms. The molecule has 2 N–H and O–H groups in total. The first-order valence-corrected chi connectivity index (χ1v) is 4.52. The monoisotopic (exact) mass is 190 g/mol. The lowest BCUT2D eigenvalue weighted by atomic mass is 9.99. The second kappa shape index (κ2) is 5.19. The van der Waals surface area contributed by atoms with Gasteiger partial charge in [-0.1, -0.05) is 13.8 Å². The third-order valence-corrected chi connectivity index (χ3v) is 2.27. The first kappa shape index (κ1) is 12.4. The molecule has 1 atom stereocenters. The number of carboxylic acids is 1. The highest BCUT2D eigenvalue weighted by atomic mass is 16.5. The molecule has 0 aromatic heterocycles. The van der Waals surface area contributed by atoms with Crippen LogP contribution in [0.15, 0.2) is 0 Å². The maximum absolute atomic E-state index is 10.4. The molecule has 0 aromatic rings. The van der Waals surface area contributed by atoms with Gasteiger partial charge in [-0.2, -0.15) is 0 Å². The molecule has 0 rings (SSSR count). The number of ether oxygens (including phenoxy) is 1. The Balaban J connectivity index is 3.92. The van der Waals surface area contributed by atoms with Gasteiger partial charge in [-0.3, -0.25) is 0 Å². The van der Waals surface area contributed by atoms with Crippen molar-refractivity contribution in [2.24, 2.45) is 0 Å². The average Bonchev–Trinajstić information content (AvgIpc) is 2.13. The van der Waals surface area contributed by atoms with Crippen LogP contribution in [0.4, 0.5) is 0 Å². The van der Waals surface area contributed by atoms with Crippen molar-refractivity contribution in [2.75, 3.05) is 6.61 Å². The number of rotatable bonds is 6. The minimum atomic E-state index is -1.01. The predicted molar refractivity (Wildman–Crippen MR) is 48.6 cm³/mol. The second-order valence-electron chi connectivity index (χ2n) is 3.22. The highest BCUT2D eigenvalue weighted by molar-refractivity contribution is 5.71. The summed E-state index contributed by atoms with van der Waals surface area (Å²) in [7, 11) is 0. The minimum absolute atomic E-state index is 0.0769. The van der Waals surface area contributed by atoms with Crippen molar-refractivity contribution in [1.29, 1.82) is 0 Å². The molecule has 78 valence electrons. The van der Waals surface area contributed by atoms with Crippen molar-refractivity contribution in [3.05, 3.63) is 0 Å². The van der Waals surface area contributed by atoms with Crippen LogP contribution in [0.2, 0.25) is 0 Å². The van der Waals surface area contributed by atoms with E-state index in [4.69, 9.17) is 9.84 Å². The van der Waals surface area contributed by atoms with Gasteiger partial charge < -0.3 is 14.9 Å². The van der Waals surface area contributed by atoms with Gasteiger partial charge in [0, 0.05) is 0 Å². The zero-order chi connectivity index (χ0) is 10.5. The molecule has 4 heteroatoms. The topological polar surface area (TPSA) is 66.8 Å². The molecule has 0 saturated heterocycles. The summed E-state index contributed by atoms with van der Waals surface area (Å²) < 4.78 is 5.00. The fourth-order valence-corrected chi connectivity index (χ4v) is 0.806. The quantitative estimate of drug-likeness (QED) is 0.656. The smallest absolute Gasteiger partial charge is 0.332 e. The van der Waals surface area contributed by atoms with Crippen LogP contribution in [0.1, 0.15) is 33.6 Å². The lowest BCUT2D eigenvalue weighted by molar-refractivity contribution is -0.154. The van der Waals surface area contributed by atoms with Crippen molar-refractivity contribution in [1.82, 2.24) is 0 Å². The number of carboxylic acid groups (broad SMARTS) is 1. The molecule has 0 saturated carbocycles. The number of hydrogen-bond acceptors (Lipinski definition) is 3. The summed E-state index contributed by atoms with van der Waals surface area (Å²) in [6, 6.07) is 0. The first-order valence-electron chi connectivity index (χ1n) is 4.52. The fourth-order valence-electron chi connectivity index (χ4n) is 0.806. The molecular weight excluding hydrogens is 172 g/mol. The summed E-state index contributed by atoms with van der Waals surface area (Å²) in [5.41, 5.74) is -0.885. The third kappa shape index (κ3) is 4.24. The molecule has 0 fully saturated rings. The summed E-state index contributed by atoms with van der Waals surface area (Å²) in [5.74, 6) is -1.01. The van der Waals surface area contributed by atoms with Gasteiger partial charge in [-0.05, 0) is 19.8 Å². The van der Waals surface area contributed by atoms with Gasteiger partial charge in [0.1, 0.15) is 0 Å². The number of hydrogen-bond donors (Lipinski definition) is 2. The van der Waals surface area contributed by atoms with Crippen molar-refractivity contribution in [3.8, 4) is 0 Å². The van der Waals surface area contributed by atoms with Gasteiger partial charge in [0.25, 0.3) is 0 Å². The van der Waals surface area contributed by atoms with Gasteiger partial charge in [0.2, 0.25) is 0 Å². The van der Waals surface area contributed by atoms with E-state index >= 15 is 0 Å². The van der Waals surface area contributed by atoms with E-state index in [0.717, 1.165) is 0 Å². The molecule has 0 aliphatic heterocycles. The predicted octanol–water partition coefficient (Wildman–Crippen LogP) is 1.03. The Morgan fingerprint density at radius 1 is 1.46 bits per heavy atom. The van der Waals surface area contributed by atoms with Crippen molar-refractivity contribution >= 4 is 5.97 Å². The van der Waals surface area contributed by atoms with E-state index in [1.54, 1.807) is 0 Å². The van der Waals surface area contributed by atoms with Crippen molar-refractivity contribution < 1.29 is 19.7 Å². The molecule has 0 aromatic carbocycles.